The molecule has 21 heavy (non-hydrogen) atoms. The second-order valence-electron chi connectivity index (χ2n) is 6.05. The van der Waals surface area contributed by atoms with E-state index in [0.717, 1.165) is 18.5 Å². The average molecular weight is 290 g/mol. The maximum absolute atomic E-state index is 12.2. The van der Waals surface area contributed by atoms with Crippen LogP contribution in [0.4, 0.5) is 0 Å². The molecule has 2 fully saturated rings. The largest absolute Gasteiger partial charge is 0.350 e. The van der Waals surface area contributed by atoms with E-state index in [1.54, 1.807) is 10.9 Å². The number of carbonyl (C=O) groups excluding carboxylic acids is 2. The summed E-state index contributed by atoms with van der Waals surface area (Å²) in [6.45, 7) is 1.05. The normalized spacial score (nSPS) is 23.0. The molecule has 0 aromatic carbocycles. The number of amides is 2. The Morgan fingerprint density at radius 2 is 2.19 bits per heavy atom. The quantitative estimate of drug-likeness (QED) is 0.893. The van der Waals surface area contributed by atoms with Gasteiger partial charge in [-0.25, -0.2) is 0 Å². The van der Waals surface area contributed by atoms with Gasteiger partial charge in [-0.2, -0.15) is 5.10 Å². The second-order valence-corrected chi connectivity index (χ2v) is 6.05. The van der Waals surface area contributed by atoms with Crippen LogP contribution < -0.4 is 5.32 Å². The van der Waals surface area contributed by atoms with Gasteiger partial charge >= 0.3 is 0 Å². The molecule has 6 nitrogen and oxygen atoms in total. The van der Waals surface area contributed by atoms with Crippen molar-refractivity contribution in [1.29, 1.82) is 0 Å². The smallest absolute Gasteiger partial charge is 0.225 e. The van der Waals surface area contributed by atoms with Gasteiger partial charge in [0.2, 0.25) is 11.8 Å². The van der Waals surface area contributed by atoms with Gasteiger partial charge in [0.25, 0.3) is 0 Å². The van der Waals surface area contributed by atoms with Crippen molar-refractivity contribution in [3.63, 3.8) is 0 Å². The summed E-state index contributed by atoms with van der Waals surface area (Å²) in [7, 11) is 1.85. The molecule has 1 atom stereocenters. The zero-order valence-corrected chi connectivity index (χ0v) is 12.4. The molecule has 1 aromatic rings. The summed E-state index contributed by atoms with van der Waals surface area (Å²) in [5, 5.41) is 6.99. The minimum Gasteiger partial charge on any atom is -0.350 e. The molecule has 0 radical (unpaired) electrons. The molecule has 3 rings (SSSR count). The third kappa shape index (κ3) is 2.94. The Hall–Kier alpha value is -1.85. The first-order chi connectivity index (χ1) is 10.1. The van der Waals surface area contributed by atoms with E-state index in [0.29, 0.717) is 25.6 Å². The number of aromatic nitrogens is 2. The summed E-state index contributed by atoms with van der Waals surface area (Å²) >= 11 is 0. The molecule has 1 aromatic heterocycles. The zero-order chi connectivity index (χ0) is 14.8. The van der Waals surface area contributed by atoms with Crippen LogP contribution in [0.3, 0.4) is 0 Å². The average Bonchev–Trinajstić information content (AvgIpc) is 3.17. The topological polar surface area (TPSA) is 67.2 Å². The van der Waals surface area contributed by atoms with E-state index >= 15 is 0 Å². The summed E-state index contributed by atoms with van der Waals surface area (Å²) in [4.78, 5) is 26.3. The summed E-state index contributed by atoms with van der Waals surface area (Å²) < 4.78 is 1.74. The molecular formula is C15H22N4O2. The van der Waals surface area contributed by atoms with Gasteiger partial charge in [-0.3, -0.25) is 14.3 Å². The first-order valence-electron chi connectivity index (χ1n) is 7.69. The number of nitrogens with one attached hydrogen (secondary N) is 1. The Labute approximate surface area is 124 Å². The summed E-state index contributed by atoms with van der Waals surface area (Å²) in [6.07, 6.45) is 6.65. The Kier molecular flexibility index (Phi) is 3.94. The van der Waals surface area contributed by atoms with Crippen LogP contribution in [0.5, 0.6) is 0 Å². The highest BCUT2D eigenvalue weighted by molar-refractivity contribution is 5.89. The fourth-order valence-electron chi connectivity index (χ4n) is 3.37. The van der Waals surface area contributed by atoms with Crippen molar-refractivity contribution in [2.75, 3.05) is 6.54 Å². The molecule has 2 amide bonds. The summed E-state index contributed by atoms with van der Waals surface area (Å²) in [5.74, 6) is -0.0843. The van der Waals surface area contributed by atoms with Crippen molar-refractivity contribution in [3.05, 3.63) is 18.0 Å². The number of rotatable bonds is 4. The molecule has 1 aliphatic heterocycles. The van der Waals surface area contributed by atoms with E-state index in [2.05, 4.69) is 10.4 Å². The lowest BCUT2D eigenvalue weighted by Gasteiger charge is -2.23. The third-order valence-corrected chi connectivity index (χ3v) is 4.66. The molecule has 0 spiro atoms. The zero-order valence-electron chi connectivity index (χ0n) is 12.4. The molecular weight excluding hydrogens is 268 g/mol. The van der Waals surface area contributed by atoms with Crippen molar-refractivity contribution in [2.24, 2.45) is 13.0 Å². The lowest BCUT2D eigenvalue weighted by molar-refractivity contribution is -0.130. The highest BCUT2D eigenvalue weighted by atomic mass is 16.2. The first kappa shape index (κ1) is 14.1. The van der Waals surface area contributed by atoms with Crippen molar-refractivity contribution < 1.29 is 9.59 Å². The maximum atomic E-state index is 12.2. The molecule has 0 bridgehead atoms. The number of nitrogens with zero attached hydrogens (tertiary/aromatic N) is 3. The van der Waals surface area contributed by atoms with Crippen LogP contribution in [-0.4, -0.2) is 39.1 Å². The highest BCUT2D eigenvalue weighted by Crippen LogP contribution is 2.29. The van der Waals surface area contributed by atoms with E-state index in [1.165, 1.54) is 12.8 Å². The lowest BCUT2D eigenvalue weighted by atomic mass is 10.1. The second kappa shape index (κ2) is 5.87. The fourth-order valence-corrected chi connectivity index (χ4v) is 3.37. The van der Waals surface area contributed by atoms with Gasteiger partial charge in [-0.05, 0) is 18.9 Å². The van der Waals surface area contributed by atoms with Crippen LogP contribution in [0.15, 0.2) is 12.3 Å². The Balaban J connectivity index is 1.54. The van der Waals surface area contributed by atoms with Crippen LogP contribution in [0.25, 0.3) is 0 Å². The van der Waals surface area contributed by atoms with E-state index in [-0.39, 0.29) is 17.7 Å². The first-order valence-corrected chi connectivity index (χ1v) is 7.69. The number of hydrogen-bond acceptors (Lipinski definition) is 3. The van der Waals surface area contributed by atoms with Crippen LogP contribution in [-0.2, 0) is 23.2 Å². The number of hydrogen-bond donors (Lipinski definition) is 1. The van der Waals surface area contributed by atoms with Crippen LogP contribution in [0, 0.1) is 5.92 Å². The monoisotopic (exact) mass is 290 g/mol. The Morgan fingerprint density at radius 3 is 2.86 bits per heavy atom. The van der Waals surface area contributed by atoms with Crippen molar-refractivity contribution in [3.8, 4) is 0 Å². The minimum atomic E-state index is -0.202. The summed E-state index contributed by atoms with van der Waals surface area (Å²) in [5.41, 5.74) is 0.959. The van der Waals surface area contributed by atoms with Gasteiger partial charge in [-0.15, -0.1) is 0 Å². The molecule has 6 heteroatoms. The van der Waals surface area contributed by atoms with Gasteiger partial charge < -0.3 is 10.2 Å². The molecule has 2 heterocycles. The van der Waals surface area contributed by atoms with Crippen molar-refractivity contribution in [1.82, 2.24) is 20.0 Å². The standard InChI is InChI=1S/C15H22N4O2/c1-18-13(6-7-17-18)9-16-15(21)11-8-14(20)19(10-11)12-4-2-3-5-12/h6-7,11-12H,2-5,8-10H2,1H3,(H,16,21). The third-order valence-electron chi connectivity index (χ3n) is 4.66. The number of likely N-dealkylation sites (tertiary alicyclic amines) is 1. The van der Waals surface area contributed by atoms with E-state index in [9.17, 15) is 9.59 Å². The predicted molar refractivity (Wildman–Crippen MR) is 77.1 cm³/mol. The van der Waals surface area contributed by atoms with E-state index < -0.39 is 0 Å². The molecule has 1 N–H and O–H groups in total. The van der Waals surface area contributed by atoms with Gasteiger partial charge in [0, 0.05) is 32.3 Å². The molecule has 1 aliphatic carbocycles. The molecule has 1 unspecified atom stereocenters. The number of carbonyl (C=O) groups is 2. The summed E-state index contributed by atoms with van der Waals surface area (Å²) in [6, 6.07) is 2.25. The molecule has 114 valence electrons. The van der Waals surface area contributed by atoms with Crippen molar-refractivity contribution >= 4 is 11.8 Å². The van der Waals surface area contributed by atoms with Gasteiger partial charge in [0.05, 0.1) is 18.2 Å². The molecule has 1 saturated carbocycles. The van der Waals surface area contributed by atoms with Gasteiger partial charge in [0.15, 0.2) is 0 Å². The minimum absolute atomic E-state index is 0.0231. The SMILES string of the molecule is Cn1nccc1CNC(=O)C1CC(=O)N(C2CCCC2)C1. The van der Waals surface area contributed by atoms with Crippen LogP contribution in [0.1, 0.15) is 37.8 Å². The Morgan fingerprint density at radius 1 is 1.43 bits per heavy atom. The van der Waals surface area contributed by atoms with Crippen LogP contribution >= 0.6 is 0 Å². The Bertz CT molecular complexity index is 534. The fraction of sp³-hybridized carbons (Fsp3) is 0.667. The number of aryl methyl sites for hydroxylation is 1. The van der Waals surface area contributed by atoms with Gasteiger partial charge in [-0.1, -0.05) is 12.8 Å². The van der Waals surface area contributed by atoms with Crippen LogP contribution in [0.2, 0.25) is 0 Å². The van der Waals surface area contributed by atoms with E-state index in [4.69, 9.17) is 0 Å². The highest BCUT2D eigenvalue weighted by Gasteiger charge is 2.38. The predicted octanol–water partition coefficient (Wildman–Crippen LogP) is 0.827. The maximum Gasteiger partial charge on any atom is 0.225 e. The lowest BCUT2D eigenvalue weighted by Crippen LogP contribution is -2.37. The van der Waals surface area contributed by atoms with Crippen molar-refractivity contribution in [2.45, 2.75) is 44.7 Å². The molecule has 1 saturated heterocycles. The van der Waals surface area contributed by atoms with E-state index in [1.807, 2.05) is 18.0 Å². The van der Waals surface area contributed by atoms with Gasteiger partial charge in [0.1, 0.15) is 0 Å². The molecule has 2 aliphatic rings.